The van der Waals surface area contributed by atoms with Crippen molar-refractivity contribution in [1.29, 1.82) is 0 Å². The second kappa shape index (κ2) is 5.32. The number of rotatable bonds is 3. The maximum Gasteiger partial charge on any atom is 0.416 e. The van der Waals surface area contributed by atoms with Gasteiger partial charge in [-0.3, -0.25) is 0 Å². The van der Waals surface area contributed by atoms with Crippen molar-refractivity contribution in [3.8, 4) is 0 Å². The van der Waals surface area contributed by atoms with Crippen LogP contribution in [-0.2, 0) is 12.7 Å². The molecule has 5 heteroatoms. The van der Waals surface area contributed by atoms with Gasteiger partial charge in [0, 0.05) is 17.9 Å². The lowest BCUT2D eigenvalue weighted by Gasteiger charge is -2.10. The summed E-state index contributed by atoms with van der Waals surface area (Å²) in [5.74, 6) is 0. The van der Waals surface area contributed by atoms with E-state index < -0.39 is 11.7 Å². The second-order valence-electron chi connectivity index (χ2n) is 4.10. The Kier molecular flexibility index (Phi) is 3.76. The van der Waals surface area contributed by atoms with Gasteiger partial charge in [0.05, 0.1) is 5.56 Å². The van der Waals surface area contributed by atoms with E-state index in [1.165, 1.54) is 12.1 Å². The average molecular weight is 266 g/mol. The Balaban J connectivity index is 2.15. The molecule has 19 heavy (non-hydrogen) atoms. The Morgan fingerprint density at radius 2 is 1.63 bits per heavy atom. The molecule has 0 bridgehead atoms. The van der Waals surface area contributed by atoms with E-state index in [2.05, 4.69) is 5.32 Å². The average Bonchev–Trinajstić information content (AvgIpc) is 2.38. The zero-order chi connectivity index (χ0) is 13.9. The van der Waals surface area contributed by atoms with Crippen molar-refractivity contribution in [1.82, 2.24) is 0 Å². The van der Waals surface area contributed by atoms with Crippen molar-refractivity contribution < 1.29 is 13.2 Å². The van der Waals surface area contributed by atoms with E-state index in [9.17, 15) is 13.2 Å². The van der Waals surface area contributed by atoms with Crippen LogP contribution in [0.3, 0.4) is 0 Å². The van der Waals surface area contributed by atoms with Crippen LogP contribution >= 0.6 is 0 Å². The Hall–Kier alpha value is -2.01. The van der Waals surface area contributed by atoms with Gasteiger partial charge in [-0.1, -0.05) is 12.1 Å². The minimum Gasteiger partial charge on any atom is -0.356 e. The van der Waals surface area contributed by atoms with E-state index in [1.807, 2.05) is 24.3 Å². The smallest absolute Gasteiger partial charge is 0.356 e. The summed E-state index contributed by atoms with van der Waals surface area (Å²) < 4.78 is 37.2. The summed E-state index contributed by atoms with van der Waals surface area (Å²) in [6.07, 6.45) is -4.31. The molecule has 0 amide bonds. The Morgan fingerprint density at radius 3 is 2.21 bits per heavy atom. The highest BCUT2D eigenvalue weighted by molar-refractivity contribution is 5.60. The van der Waals surface area contributed by atoms with E-state index in [0.29, 0.717) is 12.2 Å². The molecule has 2 rings (SSSR count). The number of anilines is 2. The molecule has 0 aliphatic heterocycles. The summed E-state index contributed by atoms with van der Waals surface area (Å²) in [7, 11) is 0. The second-order valence-corrected chi connectivity index (χ2v) is 4.10. The molecule has 100 valence electrons. The van der Waals surface area contributed by atoms with Crippen molar-refractivity contribution in [3.05, 3.63) is 59.7 Å². The van der Waals surface area contributed by atoms with Crippen LogP contribution in [0, 0.1) is 0 Å². The first kappa shape index (κ1) is 13.4. The lowest BCUT2D eigenvalue weighted by molar-refractivity contribution is -0.137. The number of benzene rings is 2. The van der Waals surface area contributed by atoms with Crippen LogP contribution in [0.4, 0.5) is 24.5 Å². The molecule has 2 aromatic rings. The van der Waals surface area contributed by atoms with Crippen molar-refractivity contribution in [2.75, 3.05) is 5.32 Å². The number of hydrogen-bond donors (Lipinski definition) is 2. The normalized spacial score (nSPS) is 11.4. The molecule has 0 saturated heterocycles. The highest BCUT2D eigenvalue weighted by Crippen LogP contribution is 2.30. The first-order valence-electron chi connectivity index (χ1n) is 5.72. The van der Waals surface area contributed by atoms with Gasteiger partial charge < -0.3 is 11.1 Å². The predicted octanol–water partition coefficient (Wildman–Crippen LogP) is 3.91. The van der Waals surface area contributed by atoms with Crippen molar-refractivity contribution in [2.24, 2.45) is 5.73 Å². The molecule has 0 fully saturated rings. The molecule has 0 heterocycles. The van der Waals surface area contributed by atoms with Gasteiger partial charge in [-0.25, -0.2) is 0 Å². The van der Waals surface area contributed by atoms with Gasteiger partial charge in [-0.15, -0.1) is 0 Å². The molecule has 2 aromatic carbocycles. The van der Waals surface area contributed by atoms with E-state index in [0.717, 1.165) is 23.4 Å². The van der Waals surface area contributed by atoms with E-state index in [4.69, 9.17) is 5.73 Å². The molecule has 0 aliphatic rings. The summed E-state index contributed by atoms with van der Waals surface area (Å²) in [6, 6.07) is 12.3. The molecule has 2 nitrogen and oxygen atoms in total. The van der Waals surface area contributed by atoms with Gasteiger partial charge in [0.15, 0.2) is 0 Å². The highest BCUT2D eigenvalue weighted by atomic mass is 19.4. The van der Waals surface area contributed by atoms with Crippen LogP contribution in [-0.4, -0.2) is 0 Å². The monoisotopic (exact) mass is 266 g/mol. The van der Waals surface area contributed by atoms with Crippen molar-refractivity contribution in [3.63, 3.8) is 0 Å². The summed E-state index contributed by atoms with van der Waals surface area (Å²) in [5.41, 5.74) is 7.22. The topological polar surface area (TPSA) is 38.0 Å². The molecule has 0 unspecified atom stereocenters. The largest absolute Gasteiger partial charge is 0.416 e. The fourth-order valence-corrected chi connectivity index (χ4v) is 1.69. The SMILES string of the molecule is NCc1cccc(Nc2ccc(C(F)(F)F)cc2)c1. The quantitative estimate of drug-likeness (QED) is 0.884. The van der Waals surface area contributed by atoms with Crippen LogP contribution < -0.4 is 11.1 Å². The highest BCUT2D eigenvalue weighted by Gasteiger charge is 2.29. The van der Waals surface area contributed by atoms with Crippen LogP contribution in [0.5, 0.6) is 0 Å². The predicted molar refractivity (Wildman–Crippen MR) is 69.1 cm³/mol. The summed E-state index contributed by atoms with van der Waals surface area (Å²) in [4.78, 5) is 0. The molecule has 0 spiro atoms. The standard InChI is InChI=1S/C14H13F3N2/c15-14(16,17)11-4-6-12(7-5-11)19-13-3-1-2-10(8-13)9-18/h1-8,19H,9,18H2. The number of alkyl halides is 3. The van der Waals surface area contributed by atoms with E-state index in [1.54, 1.807) is 0 Å². The van der Waals surface area contributed by atoms with Gasteiger partial charge >= 0.3 is 6.18 Å². The fraction of sp³-hybridized carbons (Fsp3) is 0.143. The Bertz CT molecular complexity index is 547. The fourth-order valence-electron chi connectivity index (χ4n) is 1.69. The molecule has 0 aromatic heterocycles. The van der Waals surface area contributed by atoms with Crippen LogP contribution in [0.2, 0.25) is 0 Å². The van der Waals surface area contributed by atoms with Gasteiger partial charge in [0.25, 0.3) is 0 Å². The van der Waals surface area contributed by atoms with Gasteiger partial charge in [0.1, 0.15) is 0 Å². The first-order chi connectivity index (χ1) is 8.99. The summed E-state index contributed by atoms with van der Waals surface area (Å²) >= 11 is 0. The summed E-state index contributed by atoms with van der Waals surface area (Å²) in [5, 5.41) is 3.03. The Morgan fingerprint density at radius 1 is 0.947 bits per heavy atom. The van der Waals surface area contributed by atoms with Crippen LogP contribution in [0.15, 0.2) is 48.5 Å². The van der Waals surface area contributed by atoms with Crippen molar-refractivity contribution in [2.45, 2.75) is 12.7 Å². The van der Waals surface area contributed by atoms with Gasteiger partial charge in [-0.2, -0.15) is 13.2 Å². The molecule has 0 saturated carbocycles. The molecular formula is C14H13F3N2. The zero-order valence-electron chi connectivity index (χ0n) is 10.0. The van der Waals surface area contributed by atoms with Crippen molar-refractivity contribution >= 4 is 11.4 Å². The summed E-state index contributed by atoms with van der Waals surface area (Å²) in [6.45, 7) is 0.419. The molecule has 0 aliphatic carbocycles. The van der Waals surface area contributed by atoms with Gasteiger partial charge in [0.2, 0.25) is 0 Å². The number of nitrogens with one attached hydrogen (secondary N) is 1. The molecule has 0 radical (unpaired) electrons. The first-order valence-corrected chi connectivity index (χ1v) is 5.72. The molecular weight excluding hydrogens is 253 g/mol. The minimum absolute atomic E-state index is 0.419. The number of nitrogens with two attached hydrogens (primary N) is 1. The third-order valence-electron chi connectivity index (χ3n) is 2.66. The van der Waals surface area contributed by atoms with Gasteiger partial charge in [-0.05, 0) is 42.0 Å². The molecule has 3 N–H and O–H groups in total. The van der Waals surface area contributed by atoms with Crippen LogP contribution in [0.25, 0.3) is 0 Å². The van der Waals surface area contributed by atoms with E-state index >= 15 is 0 Å². The third kappa shape index (κ3) is 3.48. The minimum atomic E-state index is -4.31. The van der Waals surface area contributed by atoms with E-state index in [-0.39, 0.29) is 0 Å². The zero-order valence-corrected chi connectivity index (χ0v) is 10.0. The lowest BCUT2D eigenvalue weighted by atomic mass is 10.1. The molecule has 0 atom stereocenters. The third-order valence-corrected chi connectivity index (χ3v) is 2.66. The number of halogens is 3. The maximum atomic E-state index is 12.4. The van der Waals surface area contributed by atoms with Crippen LogP contribution in [0.1, 0.15) is 11.1 Å². The number of hydrogen-bond acceptors (Lipinski definition) is 2. The Labute approximate surface area is 109 Å². The maximum absolute atomic E-state index is 12.4. The lowest BCUT2D eigenvalue weighted by Crippen LogP contribution is -2.04.